The first kappa shape index (κ1) is 6.61. The van der Waals surface area contributed by atoms with Crippen molar-refractivity contribution in [2.75, 3.05) is 6.54 Å². The molecule has 11 heavy (non-hydrogen) atoms. The quantitative estimate of drug-likeness (QED) is 0.634. The van der Waals surface area contributed by atoms with Gasteiger partial charge in [0.25, 0.3) is 0 Å². The van der Waals surface area contributed by atoms with Gasteiger partial charge < -0.3 is 9.88 Å². The molecule has 0 radical (unpaired) electrons. The van der Waals surface area contributed by atoms with E-state index in [0.29, 0.717) is 0 Å². The van der Waals surface area contributed by atoms with E-state index in [0.717, 1.165) is 31.2 Å². The van der Waals surface area contributed by atoms with Crippen molar-refractivity contribution >= 4 is 6.08 Å². The van der Waals surface area contributed by atoms with Crippen LogP contribution in [0.4, 0.5) is 0 Å². The molecule has 1 aliphatic heterocycles. The third kappa shape index (κ3) is 1.07. The third-order valence-corrected chi connectivity index (χ3v) is 1.90. The van der Waals surface area contributed by atoms with Crippen LogP contribution in [-0.2, 0) is 13.1 Å². The Labute approximate surface area is 65.7 Å². The van der Waals surface area contributed by atoms with Crippen LogP contribution in [0.1, 0.15) is 11.5 Å². The number of rotatable bonds is 1. The lowest BCUT2D eigenvalue weighted by atomic mass is 10.4. The van der Waals surface area contributed by atoms with Crippen molar-refractivity contribution in [1.82, 2.24) is 14.9 Å². The van der Waals surface area contributed by atoms with Crippen LogP contribution >= 0.6 is 0 Å². The summed E-state index contributed by atoms with van der Waals surface area (Å²) in [6.07, 6.45) is 3.83. The zero-order chi connectivity index (χ0) is 7.68. The van der Waals surface area contributed by atoms with E-state index in [2.05, 4.69) is 21.4 Å². The van der Waals surface area contributed by atoms with Crippen LogP contribution in [-0.4, -0.2) is 16.1 Å². The fraction of sp³-hybridized carbons (Fsp3) is 0.375. The molecule has 58 valence electrons. The Kier molecular flexibility index (Phi) is 1.51. The van der Waals surface area contributed by atoms with E-state index in [1.54, 1.807) is 6.08 Å². The summed E-state index contributed by atoms with van der Waals surface area (Å²) < 4.78 is 2.17. The summed E-state index contributed by atoms with van der Waals surface area (Å²) in [5.74, 6) is 1.12. The topological polar surface area (TPSA) is 29.9 Å². The Bertz CT molecular complexity index is 251. The Hall–Kier alpha value is -1.09. The van der Waals surface area contributed by atoms with Crippen molar-refractivity contribution in [2.24, 2.45) is 0 Å². The van der Waals surface area contributed by atoms with Gasteiger partial charge in [-0.05, 0) is 6.08 Å². The van der Waals surface area contributed by atoms with E-state index in [1.807, 2.05) is 6.20 Å². The number of hydrogen-bond donors (Lipinski definition) is 1. The lowest BCUT2D eigenvalue weighted by molar-refractivity contribution is 0.505. The standard InChI is InChI=1S/C8H11N3/c1-2-7-6-11-4-3-9-5-8(11)10-7/h2,6,9H,1,3-5H2. The number of aromatic nitrogens is 2. The minimum absolute atomic E-state index is 0.883. The summed E-state index contributed by atoms with van der Waals surface area (Å²) in [5.41, 5.74) is 0.976. The van der Waals surface area contributed by atoms with Crippen molar-refractivity contribution in [3.8, 4) is 0 Å². The molecule has 2 rings (SSSR count). The van der Waals surface area contributed by atoms with Crippen LogP contribution in [0.3, 0.4) is 0 Å². The van der Waals surface area contributed by atoms with Crippen molar-refractivity contribution in [3.63, 3.8) is 0 Å². The molecule has 0 fully saturated rings. The molecule has 3 heteroatoms. The highest BCUT2D eigenvalue weighted by Gasteiger charge is 2.09. The maximum atomic E-state index is 4.35. The normalized spacial score (nSPS) is 16.0. The SMILES string of the molecule is C=Cc1cn2c(n1)CNCC2. The Morgan fingerprint density at radius 3 is 3.36 bits per heavy atom. The highest BCUT2D eigenvalue weighted by molar-refractivity contribution is 5.40. The molecule has 0 spiro atoms. The van der Waals surface area contributed by atoms with Gasteiger partial charge in [-0.2, -0.15) is 0 Å². The van der Waals surface area contributed by atoms with Gasteiger partial charge in [-0.25, -0.2) is 4.98 Å². The second kappa shape index (κ2) is 2.51. The lowest BCUT2D eigenvalue weighted by Crippen LogP contribution is -2.27. The highest BCUT2D eigenvalue weighted by atomic mass is 15.1. The molecule has 2 heterocycles. The number of nitrogens with one attached hydrogen (secondary N) is 1. The van der Waals surface area contributed by atoms with Crippen LogP contribution in [0.25, 0.3) is 6.08 Å². The summed E-state index contributed by atoms with van der Waals surface area (Å²) in [7, 11) is 0. The average Bonchev–Trinajstić information content (AvgIpc) is 2.46. The molecule has 1 aromatic heterocycles. The Balaban J connectivity index is 2.39. The Morgan fingerprint density at radius 2 is 2.64 bits per heavy atom. The molecule has 0 aliphatic carbocycles. The summed E-state index contributed by atoms with van der Waals surface area (Å²) in [6, 6.07) is 0. The first-order valence-corrected chi connectivity index (χ1v) is 3.79. The average molecular weight is 149 g/mol. The second-order valence-corrected chi connectivity index (χ2v) is 2.66. The van der Waals surface area contributed by atoms with Gasteiger partial charge in [0.05, 0.1) is 12.2 Å². The molecule has 0 bridgehead atoms. The van der Waals surface area contributed by atoms with Crippen molar-refractivity contribution in [3.05, 3.63) is 24.3 Å². The summed E-state index contributed by atoms with van der Waals surface area (Å²) >= 11 is 0. The number of fused-ring (bicyclic) bond motifs is 1. The minimum atomic E-state index is 0.883. The molecule has 0 amide bonds. The van der Waals surface area contributed by atoms with Gasteiger partial charge in [-0.1, -0.05) is 6.58 Å². The van der Waals surface area contributed by atoms with Crippen LogP contribution in [0.15, 0.2) is 12.8 Å². The van der Waals surface area contributed by atoms with Crippen LogP contribution in [0.2, 0.25) is 0 Å². The molecule has 0 aromatic carbocycles. The fourth-order valence-electron chi connectivity index (χ4n) is 1.31. The molecule has 0 saturated carbocycles. The second-order valence-electron chi connectivity index (χ2n) is 2.66. The third-order valence-electron chi connectivity index (χ3n) is 1.90. The molecule has 3 nitrogen and oxygen atoms in total. The predicted octanol–water partition coefficient (Wildman–Crippen LogP) is 0.629. The van der Waals surface area contributed by atoms with Crippen molar-refractivity contribution < 1.29 is 0 Å². The molecule has 1 aliphatic rings. The smallest absolute Gasteiger partial charge is 0.123 e. The predicted molar refractivity (Wildman–Crippen MR) is 44.0 cm³/mol. The van der Waals surface area contributed by atoms with E-state index in [9.17, 15) is 0 Å². The van der Waals surface area contributed by atoms with Gasteiger partial charge in [0.1, 0.15) is 5.82 Å². The van der Waals surface area contributed by atoms with Gasteiger partial charge in [0, 0.05) is 19.3 Å². The van der Waals surface area contributed by atoms with Crippen molar-refractivity contribution in [2.45, 2.75) is 13.1 Å². The molecular formula is C8H11N3. The van der Waals surface area contributed by atoms with Crippen LogP contribution in [0.5, 0.6) is 0 Å². The Morgan fingerprint density at radius 1 is 1.73 bits per heavy atom. The summed E-state index contributed by atoms with van der Waals surface area (Å²) in [4.78, 5) is 4.35. The lowest BCUT2D eigenvalue weighted by Gasteiger charge is -2.13. The van der Waals surface area contributed by atoms with Crippen molar-refractivity contribution in [1.29, 1.82) is 0 Å². The molecule has 0 unspecified atom stereocenters. The minimum Gasteiger partial charge on any atom is -0.332 e. The molecule has 1 aromatic rings. The molecule has 0 atom stereocenters. The van der Waals surface area contributed by atoms with Crippen LogP contribution < -0.4 is 5.32 Å². The first-order valence-electron chi connectivity index (χ1n) is 3.79. The van der Waals surface area contributed by atoms with Crippen LogP contribution in [0, 0.1) is 0 Å². The van der Waals surface area contributed by atoms with Gasteiger partial charge in [-0.3, -0.25) is 0 Å². The van der Waals surface area contributed by atoms with Gasteiger partial charge in [0.15, 0.2) is 0 Å². The number of nitrogens with zero attached hydrogens (tertiary/aromatic N) is 2. The van der Waals surface area contributed by atoms with E-state index < -0.39 is 0 Å². The summed E-state index contributed by atoms with van der Waals surface area (Å²) in [6.45, 7) is 6.63. The number of hydrogen-bond acceptors (Lipinski definition) is 2. The van der Waals surface area contributed by atoms with E-state index in [1.165, 1.54) is 0 Å². The van der Waals surface area contributed by atoms with E-state index in [4.69, 9.17) is 0 Å². The zero-order valence-corrected chi connectivity index (χ0v) is 6.38. The largest absolute Gasteiger partial charge is 0.332 e. The maximum absolute atomic E-state index is 4.35. The maximum Gasteiger partial charge on any atom is 0.123 e. The van der Waals surface area contributed by atoms with E-state index in [-0.39, 0.29) is 0 Å². The first-order chi connectivity index (χ1) is 5.40. The molecular weight excluding hydrogens is 138 g/mol. The monoisotopic (exact) mass is 149 g/mol. The van der Waals surface area contributed by atoms with Gasteiger partial charge in [0.2, 0.25) is 0 Å². The summed E-state index contributed by atoms with van der Waals surface area (Å²) in [5, 5.41) is 3.26. The molecule has 1 N–H and O–H groups in total. The fourth-order valence-corrected chi connectivity index (χ4v) is 1.31. The number of imidazole rings is 1. The highest BCUT2D eigenvalue weighted by Crippen LogP contribution is 2.06. The van der Waals surface area contributed by atoms with E-state index >= 15 is 0 Å². The van der Waals surface area contributed by atoms with Gasteiger partial charge >= 0.3 is 0 Å². The molecule has 0 saturated heterocycles. The van der Waals surface area contributed by atoms with Gasteiger partial charge in [-0.15, -0.1) is 0 Å². The zero-order valence-electron chi connectivity index (χ0n) is 6.38.